The number of hydrogen-bond acceptors (Lipinski definition) is 10. The molecule has 252 valence electrons. The second kappa shape index (κ2) is 13.0. The molecule has 5 rings (SSSR count). The molecule has 2 N–H and O–H groups in total. The molecule has 46 heavy (non-hydrogen) atoms. The van der Waals surface area contributed by atoms with Gasteiger partial charge in [0, 0.05) is 41.9 Å². The van der Waals surface area contributed by atoms with Gasteiger partial charge in [0.15, 0.2) is 5.65 Å². The first-order valence-electron chi connectivity index (χ1n) is 16.3. The quantitative estimate of drug-likeness (QED) is 0.271. The fourth-order valence-corrected chi connectivity index (χ4v) is 6.46. The highest BCUT2D eigenvalue weighted by Crippen LogP contribution is 2.42. The minimum absolute atomic E-state index is 0.119. The topological polar surface area (TPSA) is 134 Å². The van der Waals surface area contributed by atoms with Gasteiger partial charge in [-0.2, -0.15) is 9.61 Å². The molecule has 2 aliphatic rings. The summed E-state index contributed by atoms with van der Waals surface area (Å²) in [4.78, 5) is 39.6. The van der Waals surface area contributed by atoms with E-state index in [-0.39, 0.29) is 18.4 Å². The van der Waals surface area contributed by atoms with E-state index in [0.717, 1.165) is 29.1 Å². The number of rotatable bonds is 8. The summed E-state index contributed by atoms with van der Waals surface area (Å²) in [5.41, 5.74) is 1.33. The van der Waals surface area contributed by atoms with E-state index in [1.807, 2.05) is 54.5 Å². The number of aromatic nitrogens is 4. The predicted molar refractivity (Wildman–Crippen MR) is 179 cm³/mol. The number of aliphatic hydroxyl groups is 1. The van der Waals surface area contributed by atoms with Gasteiger partial charge in [-0.25, -0.2) is 19.6 Å². The molecule has 13 heteroatoms. The van der Waals surface area contributed by atoms with Crippen molar-refractivity contribution in [1.29, 1.82) is 0 Å². The molecular formula is C33H49N7O5S. The van der Waals surface area contributed by atoms with Crippen LogP contribution in [0.3, 0.4) is 0 Å². The zero-order chi connectivity index (χ0) is 33.6. The van der Waals surface area contributed by atoms with Crippen molar-refractivity contribution >= 4 is 40.8 Å². The summed E-state index contributed by atoms with van der Waals surface area (Å²) in [6, 6.07) is 1.37. The number of fused-ring (bicyclic) bond motifs is 1. The molecule has 1 saturated carbocycles. The molecule has 0 unspecified atom stereocenters. The Bertz CT molecular complexity index is 1550. The number of ether oxygens (including phenoxy) is 2. The van der Waals surface area contributed by atoms with Crippen LogP contribution in [0.4, 0.5) is 21.2 Å². The van der Waals surface area contributed by atoms with Crippen LogP contribution in [0.25, 0.3) is 5.65 Å². The lowest BCUT2D eigenvalue weighted by Crippen LogP contribution is -2.49. The normalized spacial score (nSPS) is 19.8. The molecule has 1 aliphatic heterocycles. The van der Waals surface area contributed by atoms with Crippen LogP contribution < -0.4 is 10.2 Å². The summed E-state index contributed by atoms with van der Waals surface area (Å²) in [6.45, 7) is 18.3. The van der Waals surface area contributed by atoms with E-state index in [0.29, 0.717) is 42.7 Å². The van der Waals surface area contributed by atoms with Gasteiger partial charge in [0.05, 0.1) is 30.6 Å². The molecule has 2 fully saturated rings. The Balaban J connectivity index is 1.45. The van der Waals surface area contributed by atoms with Crippen molar-refractivity contribution in [2.45, 2.75) is 117 Å². The molecule has 0 bridgehead atoms. The van der Waals surface area contributed by atoms with Crippen molar-refractivity contribution in [2.24, 2.45) is 5.92 Å². The van der Waals surface area contributed by atoms with Crippen molar-refractivity contribution in [3.8, 4) is 0 Å². The maximum Gasteiger partial charge on any atom is 0.416 e. The van der Waals surface area contributed by atoms with Crippen LogP contribution in [0.15, 0.2) is 17.6 Å². The van der Waals surface area contributed by atoms with Crippen LogP contribution in [-0.2, 0) is 9.47 Å². The van der Waals surface area contributed by atoms with Gasteiger partial charge in [-0.3, -0.25) is 4.90 Å². The molecule has 0 aromatic carbocycles. The highest BCUT2D eigenvalue weighted by molar-refractivity contribution is 7.09. The number of aliphatic hydroxyl groups excluding tert-OH is 1. The van der Waals surface area contributed by atoms with E-state index in [2.05, 4.69) is 29.6 Å². The Morgan fingerprint density at radius 2 is 1.78 bits per heavy atom. The zero-order valence-corrected chi connectivity index (χ0v) is 29.3. The summed E-state index contributed by atoms with van der Waals surface area (Å²) < 4.78 is 13.1. The zero-order valence-electron chi connectivity index (χ0n) is 28.5. The molecule has 0 radical (unpaired) electrons. The first-order chi connectivity index (χ1) is 21.5. The van der Waals surface area contributed by atoms with Crippen LogP contribution >= 0.6 is 11.3 Å². The lowest BCUT2D eigenvalue weighted by molar-refractivity contribution is -0.0104. The Labute approximate surface area is 275 Å². The fraction of sp³-hybridized carbons (Fsp3) is 0.667. The van der Waals surface area contributed by atoms with Crippen molar-refractivity contribution < 1.29 is 24.2 Å². The highest BCUT2D eigenvalue weighted by Gasteiger charge is 2.35. The second-order valence-corrected chi connectivity index (χ2v) is 15.7. The van der Waals surface area contributed by atoms with Gasteiger partial charge in [-0.1, -0.05) is 13.8 Å². The Hall–Kier alpha value is -3.45. The summed E-state index contributed by atoms with van der Waals surface area (Å²) in [6.07, 6.45) is 3.03. The largest absolute Gasteiger partial charge is 0.444 e. The number of nitrogens with zero attached hydrogens (tertiary/aromatic N) is 6. The number of anilines is 2. The number of carbonyl (C=O) groups excluding carboxylic acids is 2. The number of thiazole rings is 1. The number of amides is 2. The molecule has 1 aliphatic carbocycles. The van der Waals surface area contributed by atoms with Gasteiger partial charge in [0.2, 0.25) is 0 Å². The van der Waals surface area contributed by atoms with Gasteiger partial charge < -0.3 is 24.8 Å². The molecule has 0 spiro atoms. The Morgan fingerprint density at radius 3 is 2.39 bits per heavy atom. The van der Waals surface area contributed by atoms with Gasteiger partial charge in [0.1, 0.15) is 27.8 Å². The van der Waals surface area contributed by atoms with Gasteiger partial charge in [-0.15, -0.1) is 11.3 Å². The van der Waals surface area contributed by atoms with E-state index in [4.69, 9.17) is 19.4 Å². The SMILES string of the molecule is CC(C)c1cnn2c(N(C(=O)OC(C)(C)C)[C@H](C)c3nc(C4CC4)cs3)cc(NC[C@H]3CCN(C(=O)OC(C)(C)C)C[C@@H]3O)nc12. The van der Waals surface area contributed by atoms with Crippen LogP contribution in [0.1, 0.15) is 116 Å². The Morgan fingerprint density at radius 1 is 1.09 bits per heavy atom. The van der Waals surface area contributed by atoms with Crippen LogP contribution in [-0.4, -0.2) is 78.7 Å². The summed E-state index contributed by atoms with van der Waals surface area (Å²) in [5, 5.41) is 22.0. The third-order valence-electron chi connectivity index (χ3n) is 8.14. The fourth-order valence-electron chi connectivity index (χ4n) is 5.51. The van der Waals surface area contributed by atoms with Crippen molar-refractivity contribution in [3.05, 3.63) is 33.9 Å². The van der Waals surface area contributed by atoms with Gasteiger partial charge in [0.25, 0.3) is 0 Å². The van der Waals surface area contributed by atoms with E-state index < -0.39 is 35.5 Å². The molecule has 12 nitrogen and oxygen atoms in total. The molecule has 3 aromatic rings. The molecule has 1 saturated heterocycles. The maximum atomic E-state index is 14.0. The van der Waals surface area contributed by atoms with E-state index >= 15 is 0 Å². The summed E-state index contributed by atoms with van der Waals surface area (Å²) in [5.74, 6) is 1.57. The molecule has 4 heterocycles. The molecule has 3 aromatic heterocycles. The van der Waals surface area contributed by atoms with Gasteiger partial charge in [-0.05, 0) is 73.6 Å². The summed E-state index contributed by atoms with van der Waals surface area (Å²) in [7, 11) is 0. The first kappa shape index (κ1) is 33.9. The predicted octanol–water partition coefficient (Wildman–Crippen LogP) is 6.72. The Kier molecular flexibility index (Phi) is 9.57. The minimum Gasteiger partial charge on any atom is -0.444 e. The molecule has 2 amide bonds. The third-order valence-corrected chi connectivity index (χ3v) is 9.17. The monoisotopic (exact) mass is 655 g/mol. The number of hydrogen-bond donors (Lipinski definition) is 2. The standard InChI is InChI=1S/C33H49N7O5S/c1-19(2)23-16-35-40-27(39(31(43)45-33(7,8)9)20(3)29-36-24(18-46-29)21-10-11-21)14-26(37-28(23)40)34-15-22-12-13-38(17-25(22)41)30(42)44-32(4,5)6/h14,16,18-22,25,41H,10-13,15,17H2,1-9H3,(H,34,37)/t20-,22-,25+/m1/s1. The first-order valence-corrected chi connectivity index (χ1v) is 17.1. The lowest BCUT2D eigenvalue weighted by Gasteiger charge is -2.36. The average Bonchev–Trinajstić information content (AvgIpc) is 3.50. The van der Waals surface area contributed by atoms with E-state index in [1.54, 1.807) is 31.8 Å². The maximum absolute atomic E-state index is 14.0. The molecule has 3 atom stereocenters. The number of carbonyl (C=O) groups is 2. The van der Waals surface area contributed by atoms with E-state index in [9.17, 15) is 14.7 Å². The third kappa shape index (κ3) is 7.91. The number of piperidine rings is 1. The average molecular weight is 656 g/mol. The number of β-amino-alcohol motifs (C(OH)–C–C–N with tert-alkyl or cyclic N) is 1. The van der Waals surface area contributed by atoms with Crippen molar-refractivity contribution in [1.82, 2.24) is 24.5 Å². The van der Waals surface area contributed by atoms with Crippen LogP contribution in [0.5, 0.6) is 0 Å². The van der Waals surface area contributed by atoms with Crippen LogP contribution in [0.2, 0.25) is 0 Å². The van der Waals surface area contributed by atoms with Crippen LogP contribution in [0, 0.1) is 5.92 Å². The second-order valence-electron chi connectivity index (χ2n) is 14.8. The summed E-state index contributed by atoms with van der Waals surface area (Å²) >= 11 is 1.55. The van der Waals surface area contributed by atoms with Gasteiger partial charge >= 0.3 is 12.2 Å². The smallest absolute Gasteiger partial charge is 0.416 e. The van der Waals surface area contributed by atoms with Crippen molar-refractivity contribution in [3.63, 3.8) is 0 Å². The van der Waals surface area contributed by atoms with E-state index in [1.165, 1.54) is 0 Å². The van der Waals surface area contributed by atoms with Crippen molar-refractivity contribution in [2.75, 3.05) is 29.9 Å². The molecular weight excluding hydrogens is 606 g/mol. The lowest BCUT2D eigenvalue weighted by atomic mass is 9.94. The number of likely N-dealkylation sites (tertiary alicyclic amines) is 1. The number of nitrogens with one attached hydrogen (secondary N) is 1. The highest BCUT2D eigenvalue weighted by atomic mass is 32.1. The minimum atomic E-state index is -0.734.